The van der Waals surface area contributed by atoms with Crippen molar-refractivity contribution in [2.24, 2.45) is 0 Å². The summed E-state index contributed by atoms with van der Waals surface area (Å²) in [5.41, 5.74) is 3.21. The van der Waals surface area contributed by atoms with Gasteiger partial charge in [0.25, 0.3) is 0 Å². The lowest BCUT2D eigenvalue weighted by atomic mass is 10.2. The summed E-state index contributed by atoms with van der Waals surface area (Å²) in [6, 6.07) is 6.54. The first-order chi connectivity index (χ1) is 9.56. The first kappa shape index (κ1) is 15.0. The van der Waals surface area contributed by atoms with E-state index in [-0.39, 0.29) is 5.82 Å². The molecule has 0 saturated carbocycles. The predicted molar refractivity (Wildman–Crippen MR) is 83.5 cm³/mol. The van der Waals surface area contributed by atoms with Gasteiger partial charge in [-0.05, 0) is 53.5 Å². The maximum absolute atomic E-state index is 13.0. The largest absolute Gasteiger partial charge is 0.369 e. The number of hydrogen-bond donors (Lipinski definition) is 0. The molecule has 1 heterocycles. The van der Waals surface area contributed by atoms with Crippen LogP contribution in [0, 0.1) is 5.82 Å². The van der Waals surface area contributed by atoms with Crippen molar-refractivity contribution in [1.29, 1.82) is 0 Å². The molecule has 1 aromatic heterocycles. The molecule has 0 aliphatic heterocycles. The zero-order valence-electron chi connectivity index (χ0n) is 12.0. The fourth-order valence-corrected chi connectivity index (χ4v) is 2.87. The maximum Gasteiger partial charge on any atom is 0.123 e. The molecule has 0 fully saturated rings. The highest BCUT2D eigenvalue weighted by molar-refractivity contribution is 9.10. The van der Waals surface area contributed by atoms with Gasteiger partial charge in [0.2, 0.25) is 0 Å². The van der Waals surface area contributed by atoms with Gasteiger partial charge in [0.1, 0.15) is 5.82 Å². The molecule has 0 saturated heterocycles. The van der Waals surface area contributed by atoms with Crippen molar-refractivity contribution < 1.29 is 4.39 Å². The van der Waals surface area contributed by atoms with Crippen molar-refractivity contribution in [3.05, 3.63) is 45.9 Å². The molecule has 0 unspecified atom stereocenters. The average Bonchev–Trinajstić information content (AvgIpc) is 2.76. The van der Waals surface area contributed by atoms with Crippen molar-refractivity contribution in [3.63, 3.8) is 0 Å². The summed E-state index contributed by atoms with van der Waals surface area (Å²) in [5.74, 6) is -0.213. The Balaban J connectivity index is 2.25. The SMILES string of the molecule is CCc1nn(CC)c(CN(C)c2ccc(F)cc2)c1Br. The zero-order valence-corrected chi connectivity index (χ0v) is 13.6. The number of anilines is 1. The lowest BCUT2D eigenvalue weighted by Crippen LogP contribution is -2.19. The van der Waals surface area contributed by atoms with Gasteiger partial charge < -0.3 is 4.90 Å². The topological polar surface area (TPSA) is 21.1 Å². The van der Waals surface area contributed by atoms with Crippen molar-refractivity contribution in [2.45, 2.75) is 33.4 Å². The minimum atomic E-state index is -0.213. The first-order valence-electron chi connectivity index (χ1n) is 6.77. The predicted octanol–water partition coefficient (Wildman–Crippen LogP) is 4.00. The van der Waals surface area contributed by atoms with Gasteiger partial charge in [-0.3, -0.25) is 4.68 Å². The molecule has 0 aliphatic rings. The standard InChI is InChI=1S/C15H19BrFN3/c1-4-13-15(16)14(20(5-2)18-13)10-19(3)12-8-6-11(17)7-9-12/h6-9H,4-5,10H2,1-3H3. The lowest BCUT2D eigenvalue weighted by molar-refractivity contribution is 0.608. The van der Waals surface area contributed by atoms with Gasteiger partial charge in [-0.15, -0.1) is 0 Å². The molecule has 0 bridgehead atoms. The van der Waals surface area contributed by atoms with Crippen LogP contribution in [-0.4, -0.2) is 16.8 Å². The van der Waals surface area contributed by atoms with E-state index < -0.39 is 0 Å². The van der Waals surface area contributed by atoms with Gasteiger partial charge in [0.05, 0.1) is 22.4 Å². The molecular weight excluding hydrogens is 321 g/mol. The van der Waals surface area contributed by atoms with E-state index in [9.17, 15) is 4.39 Å². The minimum Gasteiger partial charge on any atom is -0.369 e. The highest BCUT2D eigenvalue weighted by Gasteiger charge is 2.15. The van der Waals surface area contributed by atoms with Crippen LogP contribution in [-0.2, 0) is 19.5 Å². The third-order valence-electron chi connectivity index (χ3n) is 3.35. The van der Waals surface area contributed by atoms with E-state index in [0.29, 0.717) is 0 Å². The third-order valence-corrected chi connectivity index (χ3v) is 4.26. The van der Waals surface area contributed by atoms with Crippen molar-refractivity contribution >= 4 is 21.6 Å². The van der Waals surface area contributed by atoms with E-state index in [1.807, 2.05) is 11.7 Å². The zero-order chi connectivity index (χ0) is 14.7. The molecule has 20 heavy (non-hydrogen) atoms. The molecule has 0 amide bonds. The Hall–Kier alpha value is -1.36. The number of aryl methyl sites for hydroxylation is 2. The van der Waals surface area contributed by atoms with Gasteiger partial charge in [0, 0.05) is 19.3 Å². The van der Waals surface area contributed by atoms with Crippen LogP contribution in [0.15, 0.2) is 28.7 Å². The number of hydrogen-bond acceptors (Lipinski definition) is 2. The number of halogens is 2. The van der Waals surface area contributed by atoms with Crippen LogP contribution in [0.2, 0.25) is 0 Å². The average molecular weight is 340 g/mol. The number of aromatic nitrogens is 2. The Morgan fingerprint density at radius 2 is 1.90 bits per heavy atom. The van der Waals surface area contributed by atoms with Crippen LogP contribution >= 0.6 is 15.9 Å². The van der Waals surface area contributed by atoms with Crippen LogP contribution in [0.3, 0.4) is 0 Å². The Morgan fingerprint density at radius 1 is 1.25 bits per heavy atom. The van der Waals surface area contributed by atoms with Crippen LogP contribution in [0.25, 0.3) is 0 Å². The Bertz CT molecular complexity index is 578. The summed E-state index contributed by atoms with van der Waals surface area (Å²) in [5, 5.41) is 4.59. The van der Waals surface area contributed by atoms with E-state index >= 15 is 0 Å². The van der Waals surface area contributed by atoms with Gasteiger partial charge in [0.15, 0.2) is 0 Å². The van der Waals surface area contributed by atoms with E-state index in [4.69, 9.17) is 0 Å². The van der Waals surface area contributed by atoms with Crippen molar-refractivity contribution in [3.8, 4) is 0 Å². The summed E-state index contributed by atoms with van der Waals surface area (Å²) < 4.78 is 16.1. The number of benzene rings is 1. The second kappa shape index (κ2) is 6.39. The van der Waals surface area contributed by atoms with E-state index in [1.165, 1.54) is 12.1 Å². The molecule has 0 spiro atoms. The first-order valence-corrected chi connectivity index (χ1v) is 7.56. The molecule has 0 N–H and O–H groups in total. The van der Waals surface area contributed by atoms with E-state index in [0.717, 1.165) is 41.1 Å². The normalized spacial score (nSPS) is 10.8. The molecule has 0 radical (unpaired) electrons. The van der Waals surface area contributed by atoms with Crippen LogP contribution in [0.1, 0.15) is 25.2 Å². The van der Waals surface area contributed by atoms with Gasteiger partial charge in [-0.1, -0.05) is 6.92 Å². The fraction of sp³-hybridized carbons (Fsp3) is 0.400. The smallest absolute Gasteiger partial charge is 0.123 e. The van der Waals surface area contributed by atoms with Crippen LogP contribution in [0.5, 0.6) is 0 Å². The molecule has 2 aromatic rings. The quantitative estimate of drug-likeness (QED) is 0.820. The third kappa shape index (κ3) is 3.03. The summed E-state index contributed by atoms with van der Waals surface area (Å²) in [4.78, 5) is 2.09. The minimum absolute atomic E-state index is 0.213. The molecule has 5 heteroatoms. The van der Waals surface area contributed by atoms with E-state index in [1.54, 1.807) is 12.1 Å². The number of nitrogens with zero attached hydrogens (tertiary/aromatic N) is 3. The van der Waals surface area contributed by atoms with Crippen molar-refractivity contribution in [1.82, 2.24) is 9.78 Å². The molecule has 0 aliphatic carbocycles. The molecular formula is C15H19BrFN3. The summed E-state index contributed by atoms with van der Waals surface area (Å²) in [6.45, 7) is 5.75. The molecule has 1 aromatic carbocycles. The Labute approximate surface area is 127 Å². The molecule has 2 rings (SSSR count). The second-order valence-corrected chi connectivity index (χ2v) is 5.50. The summed E-state index contributed by atoms with van der Waals surface area (Å²) in [6.07, 6.45) is 0.904. The summed E-state index contributed by atoms with van der Waals surface area (Å²) in [7, 11) is 2.00. The fourth-order valence-electron chi connectivity index (χ4n) is 2.18. The van der Waals surface area contributed by atoms with Gasteiger partial charge in [-0.25, -0.2) is 4.39 Å². The highest BCUT2D eigenvalue weighted by Crippen LogP contribution is 2.25. The summed E-state index contributed by atoms with van der Waals surface area (Å²) >= 11 is 3.65. The van der Waals surface area contributed by atoms with Crippen LogP contribution in [0.4, 0.5) is 10.1 Å². The lowest BCUT2D eigenvalue weighted by Gasteiger charge is -2.20. The highest BCUT2D eigenvalue weighted by atomic mass is 79.9. The molecule has 3 nitrogen and oxygen atoms in total. The maximum atomic E-state index is 13.0. The Kier molecular flexibility index (Phi) is 4.81. The number of rotatable bonds is 5. The van der Waals surface area contributed by atoms with E-state index in [2.05, 4.69) is 39.8 Å². The molecule has 0 atom stereocenters. The van der Waals surface area contributed by atoms with Crippen molar-refractivity contribution in [2.75, 3.05) is 11.9 Å². The van der Waals surface area contributed by atoms with Gasteiger partial charge in [-0.2, -0.15) is 5.10 Å². The van der Waals surface area contributed by atoms with Gasteiger partial charge >= 0.3 is 0 Å². The van der Waals surface area contributed by atoms with Crippen LogP contribution < -0.4 is 4.90 Å². The monoisotopic (exact) mass is 339 g/mol. The molecule has 108 valence electrons. The second-order valence-electron chi connectivity index (χ2n) is 4.71. The Morgan fingerprint density at radius 3 is 2.45 bits per heavy atom.